The lowest BCUT2D eigenvalue weighted by atomic mass is 10.1. The number of nitrogens with one attached hydrogen (secondary N) is 1. The number of likely N-dealkylation sites (N-methyl/N-ethyl adjacent to an activating group) is 1. The van der Waals surface area contributed by atoms with Gasteiger partial charge >= 0.3 is 5.97 Å². The molecule has 1 unspecified atom stereocenters. The topological polar surface area (TPSA) is 52.6 Å². The predicted octanol–water partition coefficient (Wildman–Crippen LogP) is 3.05. The van der Waals surface area contributed by atoms with Crippen LogP contribution in [0.25, 0.3) is 0 Å². The zero-order valence-corrected chi connectivity index (χ0v) is 13.2. The molecule has 0 aliphatic heterocycles. The molecule has 0 fully saturated rings. The fourth-order valence-corrected chi connectivity index (χ4v) is 2.54. The van der Waals surface area contributed by atoms with Gasteiger partial charge in [-0.3, -0.25) is 10.1 Å². The summed E-state index contributed by atoms with van der Waals surface area (Å²) in [7, 11) is 0. The van der Waals surface area contributed by atoms with Crippen LogP contribution in [-0.4, -0.2) is 42.2 Å². The maximum Gasteiger partial charge on any atom is 0.325 e. The lowest BCUT2D eigenvalue weighted by Crippen LogP contribution is -2.36. The molecule has 0 heterocycles. The number of benzene rings is 1. The van der Waals surface area contributed by atoms with Crippen LogP contribution in [0.1, 0.15) is 25.5 Å². The SMILES string of the molecule is CCN(CC)CCNC(C(=O)O)c1cc(Cl)cc(Cl)c1. The third-order valence-electron chi connectivity index (χ3n) is 3.14. The first-order valence-corrected chi connectivity index (χ1v) is 7.38. The van der Waals surface area contributed by atoms with Gasteiger partial charge < -0.3 is 10.0 Å². The largest absolute Gasteiger partial charge is 0.480 e. The minimum atomic E-state index is -0.942. The Morgan fingerprint density at radius 1 is 1.25 bits per heavy atom. The Morgan fingerprint density at radius 2 is 1.80 bits per heavy atom. The highest BCUT2D eigenvalue weighted by Crippen LogP contribution is 2.23. The van der Waals surface area contributed by atoms with E-state index < -0.39 is 12.0 Å². The van der Waals surface area contributed by atoms with Gasteiger partial charge in [0.1, 0.15) is 6.04 Å². The van der Waals surface area contributed by atoms with Crippen molar-refractivity contribution < 1.29 is 9.90 Å². The summed E-state index contributed by atoms with van der Waals surface area (Å²) in [5, 5.41) is 13.2. The molecule has 0 aromatic heterocycles. The van der Waals surface area contributed by atoms with Gasteiger partial charge in [0.25, 0.3) is 0 Å². The van der Waals surface area contributed by atoms with Gasteiger partial charge in [0, 0.05) is 23.1 Å². The summed E-state index contributed by atoms with van der Waals surface area (Å²) in [6.07, 6.45) is 0. The molecule has 6 heteroatoms. The number of carbonyl (C=O) groups is 1. The Labute approximate surface area is 129 Å². The molecular formula is C14H20Cl2N2O2. The van der Waals surface area contributed by atoms with Gasteiger partial charge in [-0.2, -0.15) is 0 Å². The van der Waals surface area contributed by atoms with Crippen molar-refractivity contribution >= 4 is 29.2 Å². The molecule has 1 rings (SSSR count). The van der Waals surface area contributed by atoms with Crippen LogP contribution in [0.4, 0.5) is 0 Å². The van der Waals surface area contributed by atoms with Gasteiger partial charge in [-0.15, -0.1) is 0 Å². The van der Waals surface area contributed by atoms with Crippen LogP contribution < -0.4 is 5.32 Å². The summed E-state index contributed by atoms with van der Waals surface area (Å²) in [5.41, 5.74) is 0.564. The molecule has 0 aliphatic rings. The van der Waals surface area contributed by atoms with Crippen molar-refractivity contribution in [3.8, 4) is 0 Å². The summed E-state index contributed by atoms with van der Waals surface area (Å²) in [6.45, 7) is 7.43. The number of hydrogen-bond donors (Lipinski definition) is 2. The molecule has 112 valence electrons. The molecule has 1 aromatic carbocycles. The van der Waals surface area contributed by atoms with Crippen LogP contribution in [-0.2, 0) is 4.79 Å². The highest BCUT2D eigenvalue weighted by molar-refractivity contribution is 6.34. The normalized spacial score (nSPS) is 12.7. The van der Waals surface area contributed by atoms with Gasteiger partial charge in [-0.05, 0) is 36.9 Å². The molecule has 0 bridgehead atoms. The van der Waals surface area contributed by atoms with Crippen LogP contribution in [0.15, 0.2) is 18.2 Å². The number of rotatable bonds is 8. The van der Waals surface area contributed by atoms with E-state index in [-0.39, 0.29) is 0 Å². The molecular weight excluding hydrogens is 299 g/mol. The lowest BCUT2D eigenvalue weighted by molar-refractivity contribution is -0.139. The predicted molar refractivity (Wildman–Crippen MR) is 82.6 cm³/mol. The minimum Gasteiger partial charge on any atom is -0.480 e. The second kappa shape index (κ2) is 8.47. The third kappa shape index (κ3) is 5.29. The van der Waals surface area contributed by atoms with E-state index in [9.17, 15) is 9.90 Å². The van der Waals surface area contributed by atoms with Gasteiger partial charge in [0.15, 0.2) is 0 Å². The van der Waals surface area contributed by atoms with E-state index in [0.717, 1.165) is 19.6 Å². The van der Waals surface area contributed by atoms with Crippen molar-refractivity contribution in [2.24, 2.45) is 0 Å². The monoisotopic (exact) mass is 318 g/mol. The maximum atomic E-state index is 11.4. The summed E-state index contributed by atoms with van der Waals surface area (Å²) in [5.74, 6) is -0.942. The molecule has 0 radical (unpaired) electrons. The minimum absolute atomic E-state index is 0.435. The number of hydrogen-bond acceptors (Lipinski definition) is 3. The number of carboxylic acid groups (broad SMARTS) is 1. The van der Waals surface area contributed by atoms with Crippen molar-refractivity contribution in [2.45, 2.75) is 19.9 Å². The first-order valence-electron chi connectivity index (χ1n) is 6.62. The highest BCUT2D eigenvalue weighted by Gasteiger charge is 2.20. The smallest absolute Gasteiger partial charge is 0.325 e. The Hall–Kier alpha value is -0.810. The first kappa shape index (κ1) is 17.2. The molecule has 0 saturated carbocycles. The van der Waals surface area contributed by atoms with E-state index in [1.54, 1.807) is 18.2 Å². The zero-order chi connectivity index (χ0) is 15.1. The Kier molecular flexibility index (Phi) is 7.30. The summed E-state index contributed by atoms with van der Waals surface area (Å²) >= 11 is 11.8. The Morgan fingerprint density at radius 3 is 2.25 bits per heavy atom. The summed E-state index contributed by atoms with van der Waals surface area (Å²) in [4.78, 5) is 13.6. The van der Waals surface area contributed by atoms with Crippen LogP contribution >= 0.6 is 23.2 Å². The molecule has 1 aromatic rings. The van der Waals surface area contributed by atoms with Gasteiger partial charge in [-0.1, -0.05) is 37.0 Å². The van der Waals surface area contributed by atoms with Crippen LogP contribution in [0.3, 0.4) is 0 Å². The van der Waals surface area contributed by atoms with Crippen molar-refractivity contribution in [2.75, 3.05) is 26.2 Å². The molecule has 1 atom stereocenters. The molecule has 4 nitrogen and oxygen atoms in total. The summed E-state index contributed by atoms with van der Waals surface area (Å²) in [6, 6.07) is 4.02. The van der Waals surface area contributed by atoms with Crippen LogP contribution in [0.5, 0.6) is 0 Å². The fourth-order valence-electron chi connectivity index (χ4n) is 2.00. The average Bonchev–Trinajstić information content (AvgIpc) is 2.37. The number of carboxylic acids is 1. The van der Waals surface area contributed by atoms with Crippen molar-refractivity contribution in [3.05, 3.63) is 33.8 Å². The van der Waals surface area contributed by atoms with E-state index in [4.69, 9.17) is 23.2 Å². The van der Waals surface area contributed by atoms with Gasteiger partial charge in [0.05, 0.1) is 0 Å². The fraction of sp³-hybridized carbons (Fsp3) is 0.500. The van der Waals surface area contributed by atoms with Crippen LogP contribution in [0, 0.1) is 0 Å². The van der Waals surface area contributed by atoms with Crippen molar-refractivity contribution in [1.82, 2.24) is 10.2 Å². The Bertz CT molecular complexity index is 431. The highest BCUT2D eigenvalue weighted by atomic mass is 35.5. The third-order valence-corrected chi connectivity index (χ3v) is 3.57. The zero-order valence-electron chi connectivity index (χ0n) is 11.7. The molecule has 2 N–H and O–H groups in total. The first-order chi connectivity index (χ1) is 9.47. The van der Waals surface area contributed by atoms with Crippen molar-refractivity contribution in [3.63, 3.8) is 0 Å². The number of nitrogens with zero attached hydrogens (tertiary/aromatic N) is 1. The second-order valence-corrected chi connectivity index (χ2v) is 5.33. The maximum absolute atomic E-state index is 11.4. The molecule has 20 heavy (non-hydrogen) atoms. The quantitative estimate of drug-likeness (QED) is 0.773. The average molecular weight is 319 g/mol. The van der Waals surface area contributed by atoms with E-state index in [1.165, 1.54) is 0 Å². The van der Waals surface area contributed by atoms with E-state index in [0.29, 0.717) is 22.2 Å². The number of aliphatic carboxylic acids is 1. The lowest BCUT2D eigenvalue weighted by Gasteiger charge is -2.21. The molecule has 0 saturated heterocycles. The van der Waals surface area contributed by atoms with Gasteiger partial charge in [-0.25, -0.2) is 0 Å². The van der Waals surface area contributed by atoms with Crippen molar-refractivity contribution in [1.29, 1.82) is 0 Å². The van der Waals surface area contributed by atoms with E-state index in [2.05, 4.69) is 24.1 Å². The van der Waals surface area contributed by atoms with Crippen LogP contribution in [0.2, 0.25) is 10.0 Å². The van der Waals surface area contributed by atoms with E-state index in [1.807, 2.05) is 0 Å². The standard InChI is InChI=1S/C14H20Cl2N2O2/c1-3-18(4-2)6-5-17-13(14(19)20)10-7-11(15)9-12(16)8-10/h7-9,13,17H,3-6H2,1-2H3,(H,19,20). The number of halogens is 2. The second-order valence-electron chi connectivity index (χ2n) is 4.46. The summed E-state index contributed by atoms with van der Waals surface area (Å²) < 4.78 is 0. The Balaban J connectivity index is 2.72. The van der Waals surface area contributed by atoms with E-state index >= 15 is 0 Å². The molecule has 0 spiro atoms. The molecule has 0 aliphatic carbocycles. The molecule has 0 amide bonds. The van der Waals surface area contributed by atoms with Gasteiger partial charge in [0.2, 0.25) is 0 Å².